The van der Waals surface area contributed by atoms with Crippen LogP contribution in [-0.4, -0.2) is 38.3 Å². The zero-order valence-electron chi connectivity index (χ0n) is 19.9. The van der Waals surface area contributed by atoms with Gasteiger partial charge in [0.25, 0.3) is 5.91 Å². The number of aryl methyl sites for hydroxylation is 1. The van der Waals surface area contributed by atoms with Gasteiger partial charge in [-0.1, -0.05) is 31.0 Å². The van der Waals surface area contributed by atoms with Crippen LogP contribution in [0.3, 0.4) is 0 Å². The topological polar surface area (TPSA) is 99.7 Å². The molecule has 0 radical (unpaired) electrons. The first-order valence-corrected chi connectivity index (χ1v) is 11.9. The molecule has 1 aliphatic heterocycles. The molecule has 182 valence electrons. The standard InChI is InChI=1S/C26H28N4O5/c1-17-25(30(32)33)18(2)29(27-17)15-19-7-10-21(11-8-19)26(31)28(22-5-3-4-6-22)14-20-9-12-23-24(13-20)35-16-34-23/h7-13,22H,3-6,14-16H2,1-2H3. The number of nitrogens with zero attached hydrogens (tertiary/aromatic N) is 4. The zero-order valence-corrected chi connectivity index (χ0v) is 19.9. The minimum atomic E-state index is -0.395. The number of aromatic nitrogens is 2. The van der Waals surface area contributed by atoms with E-state index in [2.05, 4.69) is 5.10 Å². The van der Waals surface area contributed by atoms with E-state index in [1.807, 2.05) is 47.4 Å². The number of hydrogen-bond acceptors (Lipinski definition) is 6. The summed E-state index contributed by atoms with van der Waals surface area (Å²) in [6, 6.07) is 13.5. The highest BCUT2D eigenvalue weighted by atomic mass is 16.7. The van der Waals surface area contributed by atoms with Crippen molar-refractivity contribution in [3.63, 3.8) is 0 Å². The highest BCUT2D eigenvalue weighted by Crippen LogP contribution is 2.34. The van der Waals surface area contributed by atoms with Crippen molar-refractivity contribution in [3.05, 3.63) is 80.7 Å². The molecule has 0 atom stereocenters. The van der Waals surface area contributed by atoms with Crippen LogP contribution in [-0.2, 0) is 13.1 Å². The fourth-order valence-corrected chi connectivity index (χ4v) is 5.02. The lowest BCUT2D eigenvalue weighted by molar-refractivity contribution is -0.386. The van der Waals surface area contributed by atoms with Crippen LogP contribution in [0.5, 0.6) is 11.5 Å². The lowest BCUT2D eigenvalue weighted by Crippen LogP contribution is -2.38. The first kappa shape index (κ1) is 22.9. The third-order valence-electron chi connectivity index (χ3n) is 6.88. The van der Waals surface area contributed by atoms with Gasteiger partial charge in [0.2, 0.25) is 6.79 Å². The van der Waals surface area contributed by atoms with Crippen LogP contribution in [0, 0.1) is 24.0 Å². The largest absolute Gasteiger partial charge is 0.454 e. The number of ether oxygens (including phenoxy) is 2. The molecule has 9 nitrogen and oxygen atoms in total. The van der Waals surface area contributed by atoms with Gasteiger partial charge in [-0.05, 0) is 62.1 Å². The number of hydrogen-bond donors (Lipinski definition) is 0. The molecule has 0 saturated heterocycles. The van der Waals surface area contributed by atoms with Crippen molar-refractivity contribution in [2.75, 3.05) is 6.79 Å². The monoisotopic (exact) mass is 476 g/mol. The van der Waals surface area contributed by atoms with E-state index in [9.17, 15) is 14.9 Å². The van der Waals surface area contributed by atoms with E-state index in [1.54, 1.807) is 18.5 Å². The molecule has 9 heteroatoms. The molecule has 1 saturated carbocycles. The number of nitro groups is 1. The second-order valence-corrected chi connectivity index (χ2v) is 9.19. The highest BCUT2D eigenvalue weighted by Gasteiger charge is 2.28. The molecular weight excluding hydrogens is 448 g/mol. The molecule has 1 aromatic heterocycles. The number of amides is 1. The summed E-state index contributed by atoms with van der Waals surface area (Å²) in [5, 5.41) is 15.6. The average molecular weight is 477 g/mol. The molecule has 2 aromatic carbocycles. The van der Waals surface area contributed by atoms with Crippen molar-refractivity contribution in [1.29, 1.82) is 0 Å². The molecule has 2 aliphatic rings. The third-order valence-corrected chi connectivity index (χ3v) is 6.88. The van der Waals surface area contributed by atoms with Gasteiger partial charge in [-0.3, -0.25) is 19.6 Å². The molecule has 1 aliphatic carbocycles. The lowest BCUT2D eigenvalue weighted by atomic mass is 10.1. The maximum atomic E-state index is 13.6. The summed E-state index contributed by atoms with van der Waals surface area (Å²) in [5.41, 5.74) is 3.52. The molecule has 0 bridgehead atoms. The van der Waals surface area contributed by atoms with E-state index in [0.717, 1.165) is 48.3 Å². The summed E-state index contributed by atoms with van der Waals surface area (Å²) in [4.78, 5) is 26.5. The van der Waals surface area contributed by atoms with Crippen LogP contribution in [0.2, 0.25) is 0 Å². The first-order valence-electron chi connectivity index (χ1n) is 11.9. The number of carbonyl (C=O) groups is 1. The van der Waals surface area contributed by atoms with E-state index in [4.69, 9.17) is 9.47 Å². The summed E-state index contributed by atoms with van der Waals surface area (Å²) in [6.07, 6.45) is 4.27. The Balaban J connectivity index is 1.34. The smallest absolute Gasteiger partial charge is 0.312 e. The van der Waals surface area contributed by atoms with Crippen molar-refractivity contribution in [2.24, 2.45) is 0 Å². The summed E-state index contributed by atoms with van der Waals surface area (Å²) in [7, 11) is 0. The quantitative estimate of drug-likeness (QED) is 0.360. The van der Waals surface area contributed by atoms with Gasteiger partial charge < -0.3 is 14.4 Å². The second-order valence-electron chi connectivity index (χ2n) is 9.19. The number of benzene rings is 2. The van der Waals surface area contributed by atoms with Crippen LogP contribution in [0.1, 0.15) is 58.6 Å². The van der Waals surface area contributed by atoms with Gasteiger partial charge in [0.05, 0.1) is 11.5 Å². The predicted octanol–water partition coefficient (Wildman–Crippen LogP) is 4.77. The van der Waals surface area contributed by atoms with Crippen LogP contribution < -0.4 is 9.47 Å². The van der Waals surface area contributed by atoms with Crippen molar-refractivity contribution in [2.45, 2.75) is 58.7 Å². The zero-order chi connectivity index (χ0) is 24.5. The maximum Gasteiger partial charge on any atom is 0.312 e. The third kappa shape index (κ3) is 4.58. The molecule has 3 aromatic rings. The molecule has 2 heterocycles. The van der Waals surface area contributed by atoms with Crippen molar-refractivity contribution in [1.82, 2.24) is 14.7 Å². The Morgan fingerprint density at radius 1 is 1.09 bits per heavy atom. The van der Waals surface area contributed by atoms with Gasteiger partial charge in [0.15, 0.2) is 11.5 Å². The Labute approximate surface area is 203 Å². The van der Waals surface area contributed by atoms with E-state index in [-0.39, 0.29) is 24.4 Å². The average Bonchev–Trinajstić information content (AvgIpc) is 3.58. The number of fused-ring (bicyclic) bond motifs is 1. The molecule has 1 fully saturated rings. The highest BCUT2D eigenvalue weighted by molar-refractivity contribution is 5.94. The van der Waals surface area contributed by atoms with Gasteiger partial charge in [0.1, 0.15) is 11.4 Å². The Bertz CT molecular complexity index is 1260. The summed E-state index contributed by atoms with van der Waals surface area (Å²) in [6.45, 7) is 4.48. The fraction of sp³-hybridized carbons (Fsp3) is 0.385. The van der Waals surface area contributed by atoms with Gasteiger partial charge in [-0.2, -0.15) is 5.10 Å². The van der Waals surface area contributed by atoms with Gasteiger partial charge in [-0.25, -0.2) is 0 Å². The van der Waals surface area contributed by atoms with Crippen LogP contribution in [0.15, 0.2) is 42.5 Å². The Morgan fingerprint density at radius 3 is 2.46 bits per heavy atom. The molecular formula is C26H28N4O5. The Kier molecular flexibility index (Phi) is 6.15. The molecule has 0 N–H and O–H groups in total. The van der Waals surface area contributed by atoms with Crippen molar-refractivity contribution in [3.8, 4) is 11.5 Å². The van der Waals surface area contributed by atoms with Gasteiger partial charge >= 0.3 is 5.69 Å². The van der Waals surface area contributed by atoms with E-state index in [1.165, 1.54) is 0 Å². The summed E-state index contributed by atoms with van der Waals surface area (Å²) < 4.78 is 12.6. The first-order chi connectivity index (χ1) is 16.9. The van der Waals surface area contributed by atoms with Gasteiger partial charge in [-0.15, -0.1) is 0 Å². The summed E-state index contributed by atoms with van der Waals surface area (Å²) in [5.74, 6) is 1.45. The molecule has 5 rings (SSSR count). The number of rotatable bonds is 7. The van der Waals surface area contributed by atoms with E-state index < -0.39 is 4.92 Å². The van der Waals surface area contributed by atoms with E-state index >= 15 is 0 Å². The van der Waals surface area contributed by atoms with Crippen LogP contribution in [0.25, 0.3) is 0 Å². The molecule has 0 unspecified atom stereocenters. The van der Waals surface area contributed by atoms with Crippen molar-refractivity contribution >= 4 is 11.6 Å². The maximum absolute atomic E-state index is 13.6. The molecule has 0 spiro atoms. The molecule has 1 amide bonds. The molecule has 35 heavy (non-hydrogen) atoms. The predicted molar refractivity (Wildman–Crippen MR) is 129 cm³/mol. The Morgan fingerprint density at radius 2 is 1.77 bits per heavy atom. The van der Waals surface area contributed by atoms with E-state index in [0.29, 0.717) is 30.0 Å². The van der Waals surface area contributed by atoms with Crippen LogP contribution >= 0.6 is 0 Å². The minimum Gasteiger partial charge on any atom is -0.454 e. The minimum absolute atomic E-state index is 0.00266. The normalized spacial score (nSPS) is 14.9. The van der Waals surface area contributed by atoms with Crippen LogP contribution in [0.4, 0.5) is 5.69 Å². The number of carbonyl (C=O) groups excluding carboxylic acids is 1. The Hall–Kier alpha value is -3.88. The summed E-state index contributed by atoms with van der Waals surface area (Å²) >= 11 is 0. The second kappa shape index (κ2) is 9.40. The SMILES string of the molecule is Cc1nn(Cc2ccc(C(=O)N(Cc3ccc4c(c3)OCO4)C3CCCC3)cc2)c(C)c1[N+](=O)[O-]. The fourth-order valence-electron chi connectivity index (χ4n) is 5.02. The van der Waals surface area contributed by atoms with Crippen molar-refractivity contribution < 1.29 is 19.2 Å². The lowest BCUT2D eigenvalue weighted by Gasteiger charge is -2.29. The van der Waals surface area contributed by atoms with Gasteiger partial charge in [0, 0.05) is 18.2 Å².